The zero-order valence-corrected chi connectivity index (χ0v) is 13.5. The Morgan fingerprint density at radius 1 is 1.23 bits per heavy atom. The third-order valence-corrected chi connectivity index (χ3v) is 2.96. The first kappa shape index (κ1) is 18.2. The topological polar surface area (TPSA) is 65.1 Å². The fourth-order valence-electron chi connectivity index (χ4n) is 2.11. The minimum Gasteiger partial charge on any atom is -0.460 e. The second-order valence-corrected chi connectivity index (χ2v) is 6.05. The summed E-state index contributed by atoms with van der Waals surface area (Å²) < 4.78 is 16.0. The molecule has 0 aromatic rings. The van der Waals surface area contributed by atoms with Gasteiger partial charge in [-0.15, -0.1) is 6.58 Å². The molecule has 0 saturated carbocycles. The highest BCUT2D eigenvalue weighted by molar-refractivity contribution is 5.82. The van der Waals surface area contributed by atoms with Crippen LogP contribution in [0.3, 0.4) is 0 Å². The Morgan fingerprint density at radius 2 is 1.86 bits per heavy atom. The van der Waals surface area contributed by atoms with E-state index < -0.39 is 23.7 Å². The number of likely N-dealkylation sites (tertiary alicyclic amines) is 1. The zero-order chi connectivity index (χ0) is 16.8. The van der Waals surface area contributed by atoms with Crippen molar-refractivity contribution in [3.63, 3.8) is 0 Å². The van der Waals surface area contributed by atoms with E-state index in [1.807, 2.05) is 0 Å². The van der Waals surface area contributed by atoms with Gasteiger partial charge in [-0.05, 0) is 20.8 Å². The number of esters is 1. The fourth-order valence-corrected chi connectivity index (χ4v) is 2.11. The summed E-state index contributed by atoms with van der Waals surface area (Å²) in [5.41, 5.74) is -0.632. The Balaban J connectivity index is 2.78. The molecule has 0 aliphatic carbocycles. The number of rotatable bonds is 6. The number of nitrogens with zero attached hydrogens (tertiary/aromatic N) is 1. The summed E-state index contributed by atoms with van der Waals surface area (Å²) in [5, 5.41) is 0. The van der Waals surface area contributed by atoms with Crippen molar-refractivity contribution in [3.8, 4) is 0 Å². The minimum atomic E-state index is -0.704. The van der Waals surface area contributed by atoms with Crippen molar-refractivity contribution in [3.05, 3.63) is 25.3 Å². The summed E-state index contributed by atoms with van der Waals surface area (Å²) in [6.07, 6.45) is 2.70. The Hall–Kier alpha value is -1.82. The van der Waals surface area contributed by atoms with Crippen molar-refractivity contribution in [2.75, 3.05) is 19.8 Å². The molecule has 1 saturated heterocycles. The van der Waals surface area contributed by atoms with Gasteiger partial charge in [-0.1, -0.05) is 18.7 Å². The van der Waals surface area contributed by atoms with Crippen LogP contribution in [0, 0.1) is 0 Å². The normalized spacial score (nSPS) is 21.3. The Bertz CT molecular complexity index is 427. The van der Waals surface area contributed by atoms with Crippen LogP contribution in [-0.4, -0.2) is 54.5 Å². The van der Waals surface area contributed by atoms with Gasteiger partial charge in [0.15, 0.2) is 0 Å². The number of amides is 1. The van der Waals surface area contributed by atoms with Gasteiger partial charge in [0.05, 0.1) is 19.3 Å². The van der Waals surface area contributed by atoms with Crippen molar-refractivity contribution < 1.29 is 23.8 Å². The number of hydrogen-bond acceptors (Lipinski definition) is 5. The lowest BCUT2D eigenvalue weighted by Crippen LogP contribution is -2.44. The molecule has 1 rings (SSSR count). The Kier molecular flexibility index (Phi) is 6.61. The molecule has 0 N–H and O–H groups in total. The van der Waals surface area contributed by atoms with Crippen molar-refractivity contribution in [2.45, 2.75) is 44.9 Å². The van der Waals surface area contributed by atoms with Crippen LogP contribution in [0.15, 0.2) is 25.3 Å². The summed E-state index contributed by atoms with van der Waals surface area (Å²) in [5.74, 6) is -0.476. The second-order valence-electron chi connectivity index (χ2n) is 6.05. The number of carbonyl (C=O) groups is 2. The summed E-state index contributed by atoms with van der Waals surface area (Å²) in [4.78, 5) is 25.7. The standard InChI is InChI=1S/C16H25NO5/c1-6-8-20-12-10-13(14(18)21-9-7-2)17(11-12)15(19)22-16(3,4)5/h6-7,12-13H,1-2,8-11H2,3-5H3/t12-,13-/m0/s1. The molecule has 0 unspecified atom stereocenters. The summed E-state index contributed by atoms with van der Waals surface area (Å²) in [7, 11) is 0. The van der Waals surface area contributed by atoms with Crippen LogP contribution < -0.4 is 0 Å². The zero-order valence-electron chi connectivity index (χ0n) is 13.5. The van der Waals surface area contributed by atoms with Crippen molar-refractivity contribution in [1.82, 2.24) is 4.90 Å². The lowest BCUT2D eigenvalue weighted by molar-refractivity contribution is -0.147. The minimum absolute atomic E-state index is 0.107. The van der Waals surface area contributed by atoms with Gasteiger partial charge in [0.2, 0.25) is 0 Å². The molecule has 0 spiro atoms. The molecular weight excluding hydrogens is 286 g/mol. The molecule has 2 atom stereocenters. The van der Waals surface area contributed by atoms with Gasteiger partial charge in [0, 0.05) is 6.42 Å². The summed E-state index contributed by atoms with van der Waals surface area (Å²) >= 11 is 0. The first-order valence-corrected chi connectivity index (χ1v) is 7.28. The van der Waals surface area contributed by atoms with E-state index in [9.17, 15) is 9.59 Å². The van der Waals surface area contributed by atoms with Crippen LogP contribution in [0.4, 0.5) is 4.79 Å². The van der Waals surface area contributed by atoms with E-state index in [4.69, 9.17) is 14.2 Å². The van der Waals surface area contributed by atoms with Crippen molar-refractivity contribution in [1.29, 1.82) is 0 Å². The molecule has 22 heavy (non-hydrogen) atoms. The lowest BCUT2D eigenvalue weighted by Gasteiger charge is -2.27. The number of hydrogen-bond donors (Lipinski definition) is 0. The summed E-state index contributed by atoms with van der Waals surface area (Å²) in [6, 6.07) is -0.704. The molecule has 6 heteroatoms. The summed E-state index contributed by atoms with van der Waals surface area (Å²) in [6.45, 7) is 13.2. The smallest absolute Gasteiger partial charge is 0.411 e. The van der Waals surface area contributed by atoms with Gasteiger partial charge >= 0.3 is 12.1 Å². The van der Waals surface area contributed by atoms with Crippen LogP contribution in [0.2, 0.25) is 0 Å². The SMILES string of the molecule is C=CCOC(=O)[C@@H]1C[C@H](OCC=C)CN1C(=O)OC(C)(C)C. The maximum absolute atomic E-state index is 12.3. The van der Waals surface area contributed by atoms with Crippen LogP contribution >= 0.6 is 0 Å². The van der Waals surface area contributed by atoms with E-state index in [-0.39, 0.29) is 19.3 Å². The predicted molar refractivity (Wildman–Crippen MR) is 82.4 cm³/mol. The third kappa shape index (κ3) is 5.52. The molecular formula is C16H25NO5. The molecule has 1 heterocycles. The lowest BCUT2D eigenvalue weighted by atomic mass is 10.2. The monoisotopic (exact) mass is 311 g/mol. The van der Waals surface area contributed by atoms with Crippen molar-refractivity contribution >= 4 is 12.1 Å². The van der Waals surface area contributed by atoms with Crippen LogP contribution in [0.1, 0.15) is 27.2 Å². The number of carbonyl (C=O) groups excluding carboxylic acids is 2. The molecule has 1 aliphatic heterocycles. The van der Waals surface area contributed by atoms with E-state index in [0.29, 0.717) is 13.0 Å². The van der Waals surface area contributed by atoms with E-state index in [1.165, 1.54) is 11.0 Å². The molecule has 0 aromatic heterocycles. The first-order chi connectivity index (χ1) is 10.3. The third-order valence-electron chi connectivity index (χ3n) is 2.96. The molecule has 0 bridgehead atoms. The van der Waals surface area contributed by atoms with Crippen molar-refractivity contribution in [2.24, 2.45) is 0 Å². The first-order valence-electron chi connectivity index (χ1n) is 7.28. The fraction of sp³-hybridized carbons (Fsp3) is 0.625. The van der Waals surface area contributed by atoms with Crippen LogP contribution in [0.5, 0.6) is 0 Å². The van der Waals surface area contributed by atoms with E-state index in [1.54, 1.807) is 26.8 Å². The maximum atomic E-state index is 12.3. The largest absolute Gasteiger partial charge is 0.460 e. The molecule has 1 amide bonds. The van der Waals surface area contributed by atoms with Gasteiger partial charge < -0.3 is 14.2 Å². The van der Waals surface area contributed by atoms with Gasteiger partial charge in [-0.2, -0.15) is 0 Å². The van der Waals surface area contributed by atoms with Gasteiger partial charge in [0.25, 0.3) is 0 Å². The molecule has 0 aromatic carbocycles. The highest BCUT2D eigenvalue weighted by atomic mass is 16.6. The van der Waals surface area contributed by atoms with Gasteiger partial charge in [0.1, 0.15) is 18.2 Å². The molecule has 124 valence electrons. The predicted octanol–water partition coefficient (Wildman–Crippen LogP) is 2.30. The second kappa shape index (κ2) is 7.98. The van der Waals surface area contributed by atoms with Gasteiger partial charge in [-0.3, -0.25) is 4.90 Å². The quantitative estimate of drug-likeness (QED) is 0.556. The highest BCUT2D eigenvalue weighted by Gasteiger charge is 2.42. The molecule has 1 aliphatic rings. The Labute approximate surface area is 131 Å². The van der Waals surface area contributed by atoms with Gasteiger partial charge in [-0.25, -0.2) is 9.59 Å². The molecule has 6 nitrogen and oxygen atoms in total. The average molecular weight is 311 g/mol. The van der Waals surface area contributed by atoms with E-state index in [2.05, 4.69) is 13.2 Å². The molecule has 0 radical (unpaired) electrons. The number of ether oxygens (including phenoxy) is 3. The van der Waals surface area contributed by atoms with Crippen LogP contribution in [0.25, 0.3) is 0 Å². The van der Waals surface area contributed by atoms with E-state index >= 15 is 0 Å². The maximum Gasteiger partial charge on any atom is 0.411 e. The molecule has 1 fully saturated rings. The highest BCUT2D eigenvalue weighted by Crippen LogP contribution is 2.24. The Morgan fingerprint density at radius 3 is 2.41 bits per heavy atom. The average Bonchev–Trinajstić information content (AvgIpc) is 2.85. The van der Waals surface area contributed by atoms with Crippen LogP contribution in [-0.2, 0) is 19.0 Å². The van der Waals surface area contributed by atoms with E-state index in [0.717, 1.165) is 0 Å².